The third-order valence-electron chi connectivity index (χ3n) is 3.95. The van der Waals surface area contributed by atoms with E-state index in [1.807, 2.05) is 30.4 Å². The van der Waals surface area contributed by atoms with Crippen LogP contribution in [-0.2, 0) is 5.75 Å². The van der Waals surface area contributed by atoms with Gasteiger partial charge in [-0.1, -0.05) is 37.4 Å². The molecule has 1 aromatic rings. The second-order valence-corrected chi connectivity index (χ2v) is 5.58. The standard InChI is InChI=1S/C18H23N3S/c1-5-16(10-9-13(2)19-4)21-14(3)17-8-6-7-15(12-22)18(17)11-20-21/h5-8,11,16,19,22H,1-3,9-10,12H2,4H3. The van der Waals surface area contributed by atoms with E-state index in [9.17, 15) is 0 Å². The number of hydrazone groups is 1. The summed E-state index contributed by atoms with van der Waals surface area (Å²) in [5.41, 5.74) is 5.31. The van der Waals surface area contributed by atoms with Gasteiger partial charge in [0.05, 0.1) is 18.0 Å². The van der Waals surface area contributed by atoms with Gasteiger partial charge in [-0.2, -0.15) is 17.7 Å². The SMILES string of the molecule is C=CC(CCC(=C)NC)N1N=Cc2c(CS)cccc2C1=C. The van der Waals surface area contributed by atoms with Crippen molar-refractivity contribution in [2.75, 3.05) is 7.05 Å². The van der Waals surface area contributed by atoms with Crippen LogP contribution in [0.15, 0.2) is 54.8 Å². The third-order valence-corrected chi connectivity index (χ3v) is 4.29. The molecular weight excluding hydrogens is 290 g/mol. The molecule has 0 amide bonds. The zero-order valence-electron chi connectivity index (χ0n) is 13.0. The summed E-state index contributed by atoms with van der Waals surface area (Å²) in [6.45, 7) is 12.1. The Hall–Kier alpha value is -1.94. The van der Waals surface area contributed by atoms with Crippen LogP contribution in [-0.4, -0.2) is 24.3 Å². The summed E-state index contributed by atoms with van der Waals surface area (Å²) in [5, 5.41) is 9.61. The molecular formula is C18H23N3S. The molecule has 1 unspecified atom stereocenters. The molecule has 3 nitrogen and oxygen atoms in total. The number of nitrogens with zero attached hydrogens (tertiary/aromatic N) is 2. The number of allylic oxidation sites excluding steroid dienone is 1. The number of fused-ring (bicyclic) bond motifs is 1. The van der Waals surface area contributed by atoms with Gasteiger partial charge in [0.15, 0.2) is 0 Å². The molecule has 116 valence electrons. The lowest BCUT2D eigenvalue weighted by Crippen LogP contribution is -2.30. The first-order chi connectivity index (χ1) is 10.6. The highest BCUT2D eigenvalue weighted by Crippen LogP contribution is 2.31. The van der Waals surface area contributed by atoms with Gasteiger partial charge in [-0.3, -0.25) is 5.01 Å². The van der Waals surface area contributed by atoms with E-state index in [1.54, 1.807) is 0 Å². The van der Waals surface area contributed by atoms with Crippen LogP contribution in [0.3, 0.4) is 0 Å². The number of nitrogens with one attached hydrogen (secondary N) is 1. The molecule has 0 fully saturated rings. The second kappa shape index (κ2) is 7.36. The Bertz CT molecular complexity index is 619. The smallest absolute Gasteiger partial charge is 0.0707 e. The van der Waals surface area contributed by atoms with Gasteiger partial charge in [0.2, 0.25) is 0 Å². The molecule has 0 aromatic heterocycles. The van der Waals surface area contributed by atoms with Gasteiger partial charge in [0, 0.05) is 29.6 Å². The lowest BCUT2D eigenvalue weighted by Gasteiger charge is -2.32. The maximum absolute atomic E-state index is 4.59. The number of benzene rings is 1. The maximum Gasteiger partial charge on any atom is 0.0707 e. The predicted octanol–water partition coefficient (Wildman–Crippen LogP) is 3.80. The summed E-state index contributed by atoms with van der Waals surface area (Å²) < 4.78 is 0. The molecule has 22 heavy (non-hydrogen) atoms. The lowest BCUT2D eigenvalue weighted by molar-refractivity contribution is 0.339. The minimum Gasteiger partial charge on any atom is -0.392 e. The van der Waals surface area contributed by atoms with Crippen LogP contribution in [0.5, 0.6) is 0 Å². The van der Waals surface area contributed by atoms with Crippen molar-refractivity contribution in [3.05, 3.63) is 66.4 Å². The summed E-state index contributed by atoms with van der Waals surface area (Å²) in [5.74, 6) is 0.690. The van der Waals surface area contributed by atoms with Crippen LogP contribution in [0.1, 0.15) is 29.5 Å². The van der Waals surface area contributed by atoms with Gasteiger partial charge in [-0.15, -0.1) is 6.58 Å². The van der Waals surface area contributed by atoms with Crippen molar-refractivity contribution in [2.45, 2.75) is 24.6 Å². The normalized spacial score (nSPS) is 14.5. The number of rotatable bonds is 7. The van der Waals surface area contributed by atoms with Crippen molar-refractivity contribution in [1.82, 2.24) is 10.3 Å². The molecule has 1 N–H and O–H groups in total. The van der Waals surface area contributed by atoms with E-state index in [-0.39, 0.29) is 6.04 Å². The average Bonchev–Trinajstić information content (AvgIpc) is 2.56. The van der Waals surface area contributed by atoms with Gasteiger partial charge >= 0.3 is 0 Å². The summed E-state index contributed by atoms with van der Waals surface area (Å²) >= 11 is 4.38. The van der Waals surface area contributed by atoms with Crippen LogP contribution < -0.4 is 5.32 Å². The molecule has 1 aliphatic heterocycles. The van der Waals surface area contributed by atoms with E-state index in [1.165, 1.54) is 5.56 Å². The van der Waals surface area contributed by atoms with Gasteiger partial charge in [0.1, 0.15) is 0 Å². The second-order valence-electron chi connectivity index (χ2n) is 5.27. The molecule has 4 heteroatoms. The Morgan fingerprint density at radius 3 is 2.91 bits per heavy atom. The molecule has 1 aliphatic rings. The quantitative estimate of drug-likeness (QED) is 0.592. The molecule has 0 saturated carbocycles. The van der Waals surface area contributed by atoms with Crippen LogP contribution in [0.25, 0.3) is 5.70 Å². The molecule has 0 radical (unpaired) electrons. The highest BCUT2D eigenvalue weighted by Gasteiger charge is 2.23. The molecule has 0 spiro atoms. The first-order valence-electron chi connectivity index (χ1n) is 7.35. The van der Waals surface area contributed by atoms with E-state index in [4.69, 9.17) is 0 Å². The summed E-state index contributed by atoms with van der Waals surface area (Å²) in [6.07, 6.45) is 5.58. The van der Waals surface area contributed by atoms with Crippen LogP contribution in [0.4, 0.5) is 0 Å². The van der Waals surface area contributed by atoms with Crippen molar-refractivity contribution < 1.29 is 0 Å². The predicted molar refractivity (Wildman–Crippen MR) is 99.0 cm³/mol. The molecule has 2 rings (SSSR count). The molecule has 1 aromatic carbocycles. The van der Waals surface area contributed by atoms with Crippen LogP contribution >= 0.6 is 12.6 Å². The molecule has 1 atom stereocenters. The van der Waals surface area contributed by atoms with Gasteiger partial charge < -0.3 is 5.32 Å². The highest BCUT2D eigenvalue weighted by atomic mass is 32.1. The van der Waals surface area contributed by atoms with Gasteiger partial charge in [-0.05, 0) is 18.4 Å². The Morgan fingerprint density at radius 2 is 2.27 bits per heavy atom. The molecule has 1 heterocycles. The first-order valence-corrected chi connectivity index (χ1v) is 7.99. The monoisotopic (exact) mass is 313 g/mol. The largest absolute Gasteiger partial charge is 0.392 e. The lowest BCUT2D eigenvalue weighted by atomic mass is 9.98. The van der Waals surface area contributed by atoms with Crippen LogP contribution in [0, 0.1) is 0 Å². The van der Waals surface area contributed by atoms with Crippen molar-refractivity contribution in [3.63, 3.8) is 0 Å². The Morgan fingerprint density at radius 1 is 1.50 bits per heavy atom. The Kier molecular flexibility index (Phi) is 5.50. The third kappa shape index (κ3) is 3.28. The van der Waals surface area contributed by atoms with E-state index < -0.39 is 0 Å². The zero-order chi connectivity index (χ0) is 16.1. The van der Waals surface area contributed by atoms with E-state index >= 15 is 0 Å². The zero-order valence-corrected chi connectivity index (χ0v) is 13.9. The molecule has 0 aliphatic carbocycles. The first kappa shape index (κ1) is 16.4. The van der Waals surface area contributed by atoms with E-state index in [0.29, 0.717) is 5.75 Å². The number of hydrogen-bond donors (Lipinski definition) is 2. The van der Waals surface area contributed by atoms with Gasteiger partial charge in [-0.25, -0.2) is 0 Å². The van der Waals surface area contributed by atoms with Gasteiger partial charge in [0.25, 0.3) is 0 Å². The Balaban J connectivity index is 2.23. The van der Waals surface area contributed by atoms with Crippen molar-refractivity contribution in [2.24, 2.45) is 5.10 Å². The Labute approximate surface area is 138 Å². The topological polar surface area (TPSA) is 27.6 Å². The number of thiol groups is 1. The minimum atomic E-state index is 0.0988. The fourth-order valence-corrected chi connectivity index (χ4v) is 2.82. The summed E-state index contributed by atoms with van der Waals surface area (Å²) in [4.78, 5) is 0. The summed E-state index contributed by atoms with van der Waals surface area (Å²) in [6, 6.07) is 6.29. The maximum atomic E-state index is 4.59. The highest BCUT2D eigenvalue weighted by molar-refractivity contribution is 7.79. The fourth-order valence-electron chi connectivity index (χ4n) is 2.54. The molecule has 0 bridgehead atoms. The van der Waals surface area contributed by atoms with Crippen molar-refractivity contribution in [1.29, 1.82) is 0 Å². The average molecular weight is 313 g/mol. The van der Waals surface area contributed by atoms with Crippen LogP contribution in [0.2, 0.25) is 0 Å². The molecule has 0 saturated heterocycles. The van der Waals surface area contributed by atoms with E-state index in [2.05, 4.69) is 54.9 Å². The van der Waals surface area contributed by atoms with E-state index in [0.717, 1.165) is 35.4 Å². The minimum absolute atomic E-state index is 0.0988. The number of hydrogen-bond acceptors (Lipinski definition) is 4. The van der Waals surface area contributed by atoms with Crippen molar-refractivity contribution in [3.8, 4) is 0 Å². The fraction of sp³-hybridized carbons (Fsp3) is 0.278. The summed E-state index contributed by atoms with van der Waals surface area (Å²) in [7, 11) is 1.89. The van der Waals surface area contributed by atoms with Crippen molar-refractivity contribution >= 4 is 24.5 Å².